The number of aryl methyl sites for hydroxylation is 2. The molecule has 1 aromatic heterocycles. The first-order chi connectivity index (χ1) is 12.2. The van der Waals surface area contributed by atoms with E-state index in [0.717, 1.165) is 55.9 Å². The number of amides is 2. The van der Waals surface area contributed by atoms with Gasteiger partial charge in [-0.1, -0.05) is 25.1 Å². The van der Waals surface area contributed by atoms with Gasteiger partial charge in [0, 0.05) is 36.3 Å². The van der Waals surface area contributed by atoms with Crippen LogP contribution in [0.3, 0.4) is 0 Å². The molecular formula is C17H25N5OS2. The van der Waals surface area contributed by atoms with Gasteiger partial charge in [-0.15, -0.1) is 11.3 Å². The van der Waals surface area contributed by atoms with E-state index in [1.165, 1.54) is 29.8 Å². The Bertz CT molecular complexity index is 642. The third-order valence-electron chi connectivity index (χ3n) is 4.94. The first-order valence-corrected chi connectivity index (χ1v) is 10.9. The van der Waals surface area contributed by atoms with Gasteiger partial charge >= 0.3 is 6.03 Å². The standard InChI is InChI=1S/C17H25N5OS2/c1-12-11-18-17(24-12)22-9-7-21(8-10-22)16(23)20-15-19-13-5-3-2-4-6-14(13)25-15/h12H,2-11H2,1H3,(H,19,20,23). The fourth-order valence-electron chi connectivity index (χ4n) is 3.49. The fraction of sp³-hybridized carbons (Fsp3) is 0.706. The molecular weight excluding hydrogens is 354 g/mol. The second-order valence-electron chi connectivity index (χ2n) is 6.91. The minimum absolute atomic E-state index is 0.0158. The molecule has 4 rings (SSSR count). The van der Waals surface area contributed by atoms with Crippen molar-refractivity contribution in [3.63, 3.8) is 0 Å². The average molecular weight is 380 g/mol. The highest BCUT2D eigenvalue weighted by atomic mass is 32.2. The number of aliphatic imine (C=N–C) groups is 1. The highest BCUT2D eigenvalue weighted by molar-refractivity contribution is 8.14. The van der Waals surface area contributed by atoms with Gasteiger partial charge in [-0.05, 0) is 25.7 Å². The summed E-state index contributed by atoms with van der Waals surface area (Å²) in [7, 11) is 0. The Morgan fingerprint density at radius 3 is 2.72 bits per heavy atom. The molecule has 3 heterocycles. The van der Waals surface area contributed by atoms with Gasteiger partial charge in [0.1, 0.15) is 0 Å². The van der Waals surface area contributed by atoms with E-state index < -0.39 is 0 Å². The van der Waals surface area contributed by atoms with E-state index in [-0.39, 0.29) is 6.03 Å². The van der Waals surface area contributed by atoms with Crippen molar-refractivity contribution in [2.75, 3.05) is 38.0 Å². The normalized spacial score (nSPS) is 23.9. The third kappa shape index (κ3) is 3.95. The summed E-state index contributed by atoms with van der Waals surface area (Å²) in [5, 5.41) is 5.52. The Morgan fingerprint density at radius 1 is 1.16 bits per heavy atom. The number of thioether (sulfide) groups is 1. The largest absolute Gasteiger partial charge is 0.348 e. The van der Waals surface area contributed by atoms with Crippen LogP contribution >= 0.6 is 23.1 Å². The number of urea groups is 1. The monoisotopic (exact) mass is 379 g/mol. The average Bonchev–Trinajstić information content (AvgIpc) is 3.15. The summed E-state index contributed by atoms with van der Waals surface area (Å²) in [4.78, 5) is 27.4. The van der Waals surface area contributed by atoms with Crippen molar-refractivity contribution in [3.05, 3.63) is 10.6 Å². The molecule has 1 unspecified atom stereocenters. The second kappa shape index (κ2) is 7.53. The van der Waals surface area contributed by atoms with E-state index in [1.807, 2.05) is 16.7 Å². The van der Waals surface area contributed by atoms with E-state index >= 15 is 0 Å². The maximum atomic E-state index is 12.6. The molecule has 1 atom stereocenters. The summed E-state index contributed by atoms with van der Waals surface area (Å²) in [6.07, 6.45) is 5.91. The molecule has 1 saturated heterocycles. The number of anilines is 1. The van der Waals surface area contributed by atoms with Crippen molar-refractivity contribution in [3.8, 4) is 0 Å². The van der Waals surface area contributed by atoms with Crippen LogP contribution in [-0.4, -0.2) is 64.0 Å². The predicted octanol–water partition coefficient (Wildman–Crippen LogP) is 3.05. The Labute approximate surface area is 157 Å². The number of hydrogen-bond acceptors (Lipinski definition) is 6. The number of rotatable bonds is 1. The van der Waals surface area contributed by atoms with Crippen molar-refractivity contribution >= 4 is 39.4 Å². The number of fused-ring (bicyclic) bond motifs is 1. The Balaban J connectivity index is 1.31. The lowest BCUT2D eigenvalue weighted by Gasteiger charge is -2.35. The highest BCUT2D eigenvalue weighted by Crippen LogP contribution is 2.29. The van der Waals surface area contributed by atoms with Gasteiger partial charge in [-0.3, -0.25) is 10.3 Å². The van der Waals surface area contributed by atoms with Gasteiger partial charge in [0.15, 0.2) is 10.3 Å². The number of nitrogens with zero attached hydrogens (tertiary/aromatic N) is 4. The maximum absolute atomic E-state index is 12.6. The first kappa shape index (κ1) is 17.1. The summed E-state index contributed by atoms with van der Waals surface area (Å²) < 4.78 is 0. The van der Waals surface area contributed by atoms with Crippen LogP contribution in [-0.2, 0) is 12.8 Å². The summed E-state index contributed by atoms with van der Waals surface area (Å²) in [5.74, 6) is 0. The van der Waals surface area contributed by atoms with Crippen molar-refractivity contribution in [1.29, 1.82) is 0 Å². The number of carbonyl (C=O) groups excluding carboxylic acids is 1. The van der Waals surface area contributed by atoms with Crippen molar-refractivity contribution in [2.45, 2.75) is 44.3 Å². The van der Waals surface area contributed by atoms with Crippen LogP contribution in [0.4, 0.5) is 9.93 Å². The molecule has 2 amide bonds. The number of piperazine rings is 1. The van der Waals surface area contributed by atoms with Gasteiger partial charge < -0.3 is 9.80 Å². The van der Waals surface area contributed by atoms with E-state index in [0.29, 0.717) is 5.25 Å². The maximum Gasteiger partial charge on any atom is 0.323 e. The summed E-state index contributed by atoms with van der Waals surface area (Å²) in [5.41, 5.74) is 1.20. The zero-order valence-electron chi connectivity index (χ0n) is 14.7. The summed E-state index contributed by atoms with van der Waals surface area (Å²) >= 11 is 3.51. The fourth-order valence-corrected chi connectivity index (χ4v) is 5.52. The smallest absolute Gasteiger partial charge is 0.323 e. The molecule has 25 heavy (non-hydrogen) atoms. The third-order valence-corrected chi connectivity index (χ3v) is 7.16. The molecule has 1 aliphatic carbocycles. The Hall–Kier alpha value is -1.28. The van der Waals surface area contributed by atoms with Gasteiger partial charge in [-0.25, -0.2) is 9.78 Å². The molecule has 0 spiro atoms. The molecule has 1 N–H and O–H groups in total. The lowest BCUT2D eigenvalue weighted by atomic mass is 10.2. The molecule has 0 saturated carbocycles. The molecule has 6 nitrogen and oxygen atoms in total. The lowest BCUT2D eigenvalue weighted by Crippen LogP contribution is -2.51. The number of hydrogen-bond donors (Lipinski definition) is 1. The SMILES string of the molecule is CC1CN=C(N2CCN(C(=O)Nc3nc4c(s3)CCCCC4)CC2)S1. The van der Waals surface area contributed by atoms with Crippen LogP contribution in [0, 0.1) is 0 Å². The van der Waals surface area contributed by atoms with E-state index in [1.54, 1.807) is 11.3 Å². The first-order valence-electron chi connectivity index (χ1n) is 9.19. The molecule has 0 aromatic carbocycles. The number of carbonyl (C=O) groups is 1. The van der Waals surface area contributed by atoms with Gasteiger partial charge in [0.25, 0.3) is 0 Å². The molecule has 0 bridgehead atoms. The van der Waals surface area contributed by atoms with Crippen molar-refractivity contribution in [2.24, 2.45) is 4.99 Å². The topological polar surface area (TPSA) is 60.8 Å². The highest BCUT2D eigenvalue weighted by Gasteiger charge is 2.27. The van der Waals surface area contributed by atoms with E-state index in [2.05, 4.69) is 27.1 Å². The second-order valence-corrected chi connectivity index (χ2v) is 9.39. The molecule has 2 aliphatic heterocycles. The van der Waals surface area contributed by atoms with Crippen LogP contribution in [0.15, 0.2) is 4.99 Å². The molecule has 8 heteroatoms. The van der Waals surface area contributed by atoms with Gasteiger partial charge in [0.05, 0.1) is 12.2 Å². The molecule has 1 aromatic rings. The lowest BCUT2D eigenvalue weighted by molar-refractivity contribution is 0.182. The van der Waals surface area contributed by atoms with Gasteiger partial charge in [-0.2, -0.15) is 0 Å². The minimum atomic E-state index is -0.0158. The van der Waals surface area contributed by atoms with Crippen LogP contribution in [0.2, 0.25) is 0 Å². The Morgan fingerprint density at radius 2 is 1.96 bits per heavy atom. The minimum Gasteiger partial charge on any atom is -0.348 e. The number of amidine groups is 1. The number of thiazole rings is 1. The molecule has 0 radical (unpaired) electrons. The number of nitrogens with one attached hydrogen (secondary N) is 1. The zero-order valence-corrected chi connectivity index (χ0v) is 16.3. The van der Waals surface area contributed by atoms with Crippen LogP contribution in [0.5, 0.6) is 0 Å². The van der Waals surface area contributed by atoms with Crippen LogP contribution in [0.25, 0.3) is 0 Å². The predicted molar refractivity (Wildman–Crippen MR) is 105 cm³/mol. The van der Waals surface area contributed by atoms with Crippen molar-refractivity contribution < 1.29 is 4.79 Å². The molecule has 1 fully saturated rings. The summed E-state index contributed by atoms with van der Waals surface area (Å²) in [6.45, 7) is 6.33. The Kier molecular flexibility index (Phi) is 5.17. The number of aromatic nitrogens is 1. The quantitative estimate of drug-likeness (QED) is 0.762. The molecule has 136 valence electrons. The zero-order chi connectivity index (χ0) is 17.2. The van der Waals surface area contributed by atoms with Crippen LogP contribution in [0.1, 0.15) is 36.8 Å². The van der Waals surface area contributed by atoms with Crippen molar-refractivity contribution in [1.82, 2.24) is 14.8 Å². The van der Waals surface area contributed by atoms with Crippen LogP contribution < -0.4 is 5.32 Å². The van der Waals surface area contributed by atoms with Gasteiger partial charge in [0.2, 0.25) is 0 Å². The summed E-state index contributed by atoms with van der Waals surface area (Å²) in [6, 6.07) is -0.0158. The molecule has 3 aliphatic rings. The van der Waals surface area contributed by atoms with E-state index in [4.69, 9.17) is 0 Å². The van der Waals surface area contributed by atoms with E-state index in [9.17, 15) is 4.79 Å².